The molecule has 0 radical (unpaired) electrons. The number of likely N-dealkylation sites (tertiary alicyclic amines) is 1. The molecule has 1 aliphatic heterocycles. The molecule has 2 aromatic rings. The molecule has 3 heterocycles. The highest BCUT2D eigenvalue weighted by atomic mass is 16.5. The second kappa shape index (κ2) is 8.08. The van der Waals surface area contributed by atoms with Crippen LogP contribution in [-0.4, -0.2) is 44.2 Å². The third-order valence-corrected chi connectivity index (χ3v) is 4.50. The number of aryl methyl sites for hydroxylation is 2. The Balaban J connectivity index is 1.44. The average molecular weight is 331 g/mol. The summed E-state index contributed by atoms with van der Waals surface area (Å²) in [5.74, 6) is 1.99. The third-order valence-electron chi connectivity index (χ3n) is 4.50. The lowest BCUT2D eigenvalue weighted by molar-refractivity contribution is -0.132. The number of carbonyl (C=O) groups excluding carboxylic acids is 1. The van der Waals surface area contributed by atoms with E-state index in [0.717, 1.165) is 56.7 Å². The van der Waals surface area contributed by atoms with Crippen molar-refractivity contribution in [1.82, 2.24) is 25.2 Å². The monoisotopic (exact) mass is 331 g/mol. The van der Waals surface area contributed by atoms with Crippen LogP contribution >= 0.6 is 0 Å². The predicted octanol–water partition coefficient (Wildman–Crippen LogP) is 2.47. The Kier molecular flexibility index (Phi) is 5.61. The van der Waals surface area contributed by atoms with Crippen LogP contribution in [0.2, 0.25) is 0 Å². The van der Waals surface area contributed by atoms with Crippen LogP contribution in [0.25, 0.3) is 0 Å². The van der Waals surface area contributed by atoms with Gasteiger partial charge in [-0.2, -0.15) is 10.1 Å². The Bertz CT molecular complexity index is 637. The van der Waals surface area contributed by atoms with Crippen molar-refractivity contribution in [3.8, 4) is 0 Å². The zero-order valence-corrected chi connectivity index (χ0v) is 14.2. The molecule has 1 aliphatic rings. The summed E-state index contributed by atoms with van der Waals surface area (Å²) in [5.41, 5.74) is 1.13. The number of nitrogens with one attached hydrogen (secondary N) is 1. The zero-order valence-electron chi connectivity index (χ0n) is 14.2. The molecule has 0 spiro atoms. The molecule has 7 heteroatoms. The molecule has 24 heavy (non-hydrogen) atoms. The molecule has 1 amide bonds. The second-order valence-corrected chi connectivity index (χ2v) is 6.40. The van der Waals surface area contributed by atoms with Gasteiger partial charge in [-0.1, -0.05) is 12.1 Å². The van der Waals surface area contributed by atoms with Gasteiger partial charge in [0.05, 0.1) is 0 Å². The van der Waals surface area contributed by atoms with Gasteiger partial charge in [-0.25, -0.2) is 0 Å². The summed E-state index contributed by atoms with van der Waals surface area (Å²) in [6.07, 6.45) is 7.70. The number of rotatable bonds is 7. The number of aromatic amines is 1. The quantitative estimate of drug-likeness (QED) is 0.842. The van der Waals surface area contributed by atoms with Crippen molar-refractivity contribution in [1.29, 1.82) is 0 Å². The van der Waals surface area contributed by atoms with Crippen LogP contribution in [0.5, 0.6) is 0 Å². The van der Waals surface area contributed by atoms with Gasteiger partial charge in [-0.05, 0) is 31.7 Å². The molecule has 130 valence electrons. The number of hydrogen-bond acceptors (Lipinski definition) is 5. The van der Waals surface area contributed by atoms with E-state index in [9.17, 15) is 4.79 Å². The van der Waals surface area contributed by atoms with Crippen LogP contribution in [0, 0.1) is 0 Å². The van der Waals surface area contributed by atoms with Crippen molar-refractivity contribution >= 4 is 5.91 Å². The van der Waals surface area contributed by atoms with Gasteiger partial charge in [0.25, 0.3) is 0 Å². The van der Waals surface area contributed by atoms with Crippen molar-refractivity contribution in [2.45, 2.75) is 57.8 Å². The topological polar surface area (TPSA) is 87.9 Å². The van der Waals surface area contributed by atoms with Gasteiger partial charge in [-0.15, -0.1) is 0 Å². The normalized spacial score (nSPS) is 18.0. The summed E-state index contributed by atoms with van der Waals surface area (Å²) in [6, 6.07) is 2.00. The highest BCUT2D eigenvalue weighted by Crippen LogP contribution is 2.25. The number of H-pyrrole nitrogens is 1. The third kappa shape index (κ3) is 4.21. The standard InChI is InChI=1S/C17H25N5O2/c1-2-5-15-19-16(24-21-15)7-3-8-17(23)22-11-4-6-13(12-22)14-9-10-18-20-14/h9-10,13H,2-8,11-12H2,1H3,(H,18,20)/t13-/m0/s1. The van der Waals surface area contributed by atoms with Gasteiger partial charge in [0.2, 0.25) is 11.8 Å². The number of aromatic nitrogens is 4. The molecule has 1 atom stereocenters. The maximum atomic E-state index is 12.4. The van der Waals surface area contributed by atoms with Gasteiger partial charge in [0, 0.05) is 50.2 Å². The molecule has 0 bridgehead atoms. The lowest BCUT2D eigenvalue weighted by Gasteiger charge is -2.32. The summed E-state index contributed by atoms with van der Waals surface area (Å²) < 4.78 is 5.21. The molecular formula is C17H25N5O2. The van der Waals surface area contributed by atoms with E-state index in [1.807, 2.05) is 11.0 Å². The number of nitrogens with zero attached hydrogens (tertiary/aromatic N) is 4. The molecule has 0 unspecified atom stereocenters. The van der Waals surface area contributed by atoms with Crippen molar-refractivity contribution in [3.63, 3.8) is 0 Å². The van der Waals surface area contributed by atoms with Crippen LogP contribution in [0.15, 0.2) is 16.8 Å². The average Bonchev–Trinajstić information content (AvgIpc) is 3.27. The molecule has 0 saturated carbocycles. The highest BCUT2D eigenvalue weighted by Gasteiger charge is 2.25. The van der Waals surface area contributed by atoms with Crippen molar-refractivity contribution in [2.24, 2.45) is 0 Å². The van der Waals surface area contributed by atoms with Crippen molar-refractivity contribution in [2.75, 3.05) is 13.1 Å². The van der Waals surface area contributed by atoms with Crippen LogP contribution in [-0.2, 0) is 17.6 Å². The first-order valence-corrected chi connectivity index (χ1v) is 8.84. The first-order chi connectivity index (χ1) is 11.8. The fourth-order valence-corrected chi connectivity index (χ4v) is 3.22. The maximum Gasteiger partial charge on any atom is 0.226 e. The van der Waals surface area contributed by atoms with Crippen molar-refractivity contribution in [3.05, 3.63) is 29.7 Å². The number of piperidine rings is 1. The molecule has 7 nitrogen and oxygen atoms in total. The summed E-state index contributed by atoms with van der Waals surface area (Å²) >= 11 is 0. The van der Waals surface area contributed by atoms with E-state index < -0.39 is 0 Å². The fourth-order valence-electron chi connectivity index (χ4n) is 3.22. The van der Waals surface area contributed by atoms with E-state index >= 15 is 0 Å². The Morgan fingerprint density at radius 2 is 2.38 bits per heavy atom. The minimum Gasteiger partial charge on any atom is -0.342 e. The van der Waals surface area contributed by atoms with Gasteiger partial charge in [-0.3, -0.25) is 9.89 Å². The SMILES string of the molecule is CCCc1noc(CCCC(=O)N2CCC[C@H](c3ccn[nH]3)C2)n1. The summed E-state index contributed by atoms with van der Waals surface area (Å²) in [7, 11) is 0. The van der Waals surface area contributed by atoms with E-state index in [-0.39, 0.29) is 5.91 Å². The Hall–Kier alpha value is -2.18. The van der Waals surface area contributed by atoms with Crippen LogP contribution in [0.4, 0.5) is 0 Å². The predicted molar refractivity (Wildman–Crippen MR) is 88.4 cm³/mol. The molecule has 3 rings (SSSR count). The smallest absolute Gasteiger partial charge is 0.226 e. The van der Waals surface area contributed by atoms with Gasteiger partial charge in [0.1, 0.15) is 0 Å². The lowest BCUT2D eigenvalue weighted by Crippen LogP contribution is -2.39. The Morgan fingerprint density at radius 3 is 3.17 bits per heavy atom. The summed E-state index contributed by atoms with van der Waals surface area (Å²) in [6.45, 7) is 3.72. The lowest BCUT2D eigenvalue weighted by atomic mass is 9.94. The minimum atomic E-state index is 0.215. The van der Waals surface area contributed by atoms with E-state index in [1.165, 1.54) is 0 Å². The number of hydrogen-bond donors (Lipinski definition) is 1. The largest absolute Gasteiger partial charge is 0.342 e. The summed E-state index contributed by atoms with van der Waals surface area (Å²) in [4.78, 5) is 18.8. The number of carbonyl (C=O) groups is 1. The molecule has 1 saturated heterocycles. The van der Waals surface area contributed by atoms with E-state index in [1.54, 1.807) is 6.20 Å². The fraction of sp³-hybridized carbons (Fsp3) is 0.647. The highest BCUT2D eigenvalue weighted by molar-refractivity contribution is 5.76. The molecule has 1 N–H and O–H groups in total. The maximum absolute atomic E-state index is 12.4. The van der Waals surface area contributed by atoms with Gasteiger partial charge >= 0.3 is 0 Å². The number of amides is 1. The Morgan fingerprint density at radius 1 is 1.46 bits per heavy atom. The van der Waals surface area contributed by atoms with Gasteiger partial charge in [0.15, 0.2) is 5.82 Å². The molecule has 0 aliphatic carbocycles. The van der Waals surface area contributed by atoms with Crippen molar-refractivity contribution < 1.29 is 9.32 Å². The van der Waals surface area contributed by atoms with Crippen LogP contribution in [0.3, 0.4) is 0 Å². The Labute approximate surface area is 141 Å². The molecular weight excluding hydrogens is 306 g/mol. The van der Waals surface area contributed by atoms with Crippen LogP contribution < -0.4 is 0 Å². The molecule has 0 aromatic carbocycles. The first kappa shape index (κ1) is 16.7. The second-order valence-electron chi connectivity index (χ2n) is 6.40. The molecule has 2 aromatic heterocycles. The minimum absolute atomic E-state index is 0.215. The van der Waals surface area contributed by atoms with E-state index in [2.05, 4.69) is 27.3 Å². The van der Waals surface area contributed by atoms with E-state index in [4.69, 9.17) is 4.52 Å². The first-order valence-electron chi connectivity index (χ1n) is 8.84. The molecule has 1 fully saturated rings. The zero-order chi connectivity index (χ0) is 16.8. The van der Waals surface area contributed by atoms with Crippen LogP contribution in [0.1, 0.15) is 62.4 Å². The van der Waals surface area contributed by atoms with E-state index in [0.29, 0.717) is 24.7 Å². The van der Waals surface area contributed by atoms with Gasteiger partial charge < -0.3 is 9.42 Å². The summed E-state index contributed by atoms with van der Waals surface area (Å²) in [5, 5.41) is 11.0.